The molecule has 1 aliphatic heterocycles. The number of nitrogens with zero attached hydrogens (tertiary/aromatic N) is 1. The first kappa shape index (κ1) is 14.7. The van der Waals surface area contributed by atoms with Crippen molar-refractivity contribution in [2.24, 2.45) is 0 Å². The third kappa shape index (κ3) is 2.18. The molecule has 2 aromatic rings. The quantitative estimate of drug-likeness (QED) is 0.873. The SMILES string of the molecule is COc1ccc2c(c1)C(C(O)=S)c1cc(OC)ccc1N2C. The minimum Gasteiger partial charge on any atom is -0.501 e. The highest BCUT2D eigenvalue weighted by molar-refractivity contribution is 7.80. The van der Waals surface area contributed by atoms with Crippen LogP contribution in [0, 0.1) is 0 Å². The minimum absolute atomic E-state index is 0.0582. The molecule has 1 aliphatic rings. The number of anilines is 2. The summed E-state index contributed by atoms with van der Waals surface area (Å²) in [6.07, 6.45) is 0. The molecule has 3 rings (SSSR count). The van der Waals surface area contributed by atoms with Gasteiger partial charge in [0.15, 0.2) is 5.05 Å². The Labute approximate surface area is 134 Å². The summed E-state index contributed by atoms with van der Waals surface area (Å²) < 4.78 is 10.6. The van der Waals surface area contributed by atoms with E-state index in [2.05, 4.69) is 4.90 Å². The van der Waals surface area contributed by atoms with Gasteiger partial charge in [0.1, 0.15) is 11.5 Å². The molecule has 0 saturated heterocycles. The molecule has 0 amide bonds. The van der Waals surface area contributed by atoms with Gasteiger partial charge in [-0.25, -0.2) is 0 Å². The predicted octanol–water partition coefficient (Wildman–Crippen LogP) is 3.80. The Hall–Kier alpha value is -2.27. The maximum Gasteiger partial charge on any atom is 0.168 e. The minimum atomic E-state index is -0.374. The topological polar surface area (TPSA) is 41.9 Å². The van der Waals surface area contributed by atoms with Crippen LogP contribution in [0.5, 0.6) is 11.5 Å². The Bertz CT molecular complexity index is 689. The maximum absolute atomic E-state index is 10.1. The van der Waals surface area contributed by atoms with E-state index in [1.54, 1.807) is 14.2 Å². The Kier molecular flexibility index (Phi) is 3.66. The zero-order chi connectivity index (χ0) is 15.9. The molecule has 0 unspecified atom stereocenters. The second-order valence-corrected chi connectivity index (χ2v) is 5.60. The number of aliphatic hydroxyl groups is 1. The highest BCUT2D eigenvalue weighted by Crippen LogP contribution is 2.47. The van der Waals surface area contributed by atoms with Gasteiger partial charge in [-0.1, -0.05) is 0 Å². The molecule has 4 nitrogen and oxygen atoms in total. The molecular formula is C17H17NO3S. The summed E-state index contributed by atoms with van der Waals surface area (Å²) in [7, 11) is 5.24. The van der Waals surface area contributed by atoms with Gasteiger partial charge in [-0.15, -0.1) is 0 Å². The van der Waals surface area contributed by atoms with Crippen molar-refractivity contribution in [3.8, 4) is 11.5 Å². The van der Waals surface area contributed by atoms with Crippen LogP contribution in [-0.4, -0.2) is 31.4 Å². The van der Waals surface area contributed by atoms with E-state index in [-0.39, 0.29) is 11.0 Å². The normalized spacial score (nSPS) is 13.3. The molecule has 5 heteroatoms. The van der Waals surface area contributed by atoms with Gasteiger partial charge in [0.05, 0.1) is 20.1 Å². The van der Waals surface area contributed by atoms with Crippen molar-refractivity contribution in [1.82, 2.24) is 0 Å². The monoisotopic (exact) mass is 315 g/mol. The highest BCUT2D eigenvalue weighted by Gasteiger charge is 2.32. The van der Waals surface area contributed by atoms with Crippen LogP contribution in [0.3, 0.4) is 0 Å². The van der Waals surface area contributed by atoms with E-state index >= 15 is 0 Å². The molecular weight excluding hydrogens is 298 g/mol. The molecule has 0 aliphatic carbocycles. The van der Waals surface area contributed by atoms with E-state index in [4.69, 9.17) is 21.7 Å². The number of fused-ring (bicyclic) bond motifs is 2. The van der Waals surface area contributed by atoms with Gasteiger partial charge in [-0.2, -0.15) is 0 Å². The summed E-state index contributed by atoms with van der Waals surface area (Å²) in [5, 5.41) is 10.1. The Balaban J connectivity index is 2.25. The van der Waals surface area contributed by atoms with Crippen LogP contribution in [0.25, 0.3) is 0 Å². The van der Waals surface area contributed by atoms with Crippen LogP contribution in [0.1, 0.15) is 17.0 Å². The van der Waals surface area contributed by atoms with Crippen molar-refractivity contribution in [1.29, 1.82) is 0 Å². The number of rotatable bonds is 3. The lowest BCUT2D eigenvalue weighted by molar-refractivity contribution is 0.413. The molecule has 1 N–H and O–H groups in total. The highest BCUT2D eigenvalue weighted by atomic mass is 32.1. The van der Waals surface area contributed by atoms with Gasteiger partial charge in [0.25, 0.3) is 0 Å². The van der Waals surface area contributed by atoms with Gasteiger partial charge in [0.2, 0.25) is 0 Å². The summed E-state index contributed by atoms with van der Waals surface area (Å²) in [5.74, 6) is 1.10. The van der Waals surface area contributed by atoms with Crippen molar-refractivity contribution in [2.45, 2.75) is 5.92 Å². The van der Waals surface area contributed by atoms with Crippen LogP contribution in [0.15, 0.2) is 36.4 Å². The summed E-state index contributed by atoms with van der Waals surface area (Å²) in [6.45, 7) is 0. The first-order chi connectivity index (χ1) is 10.6. The van der Waals surface area contributed by atoms with E-state index in [1.165, 1.54) is 0 Å². The van der Waals surface area contributed by atoms with Crippen molar-refractivity contribution >= 4 is 28.6 Å². The molecule has 22 heavy (non-hydrogen) atoms. The number of ether oxygens (including phenoxy) is 2. The third-order valence-corrected chi connectivity index (χ3v) is 4.30. The van der Waals surface area contributed by atoms with Crippen LogP contribution in [0.4, 0.5) is 11.4 Å². The van der Waals surface area contributed by atoms with E-state index in [0.717, 1.165) is 34.0 Å². The molecule has 114 valence electrons. The van der Waals surface area contributed by atoms with Gasteiger partial charge in [-0.05, 0) is 59.7 Å². The average molecular weight is 315 g/mol. The molecule has 0 radical (unpaired) electrons. The Morgan fingerprint density at radius 2 is 1.45 bits per heavy atom. The zero-order valence-electron chi connectivity index (χ0n) is 12.7. The van der Waals surface area contributed by atoms with Crippen LogP contribution < -0.4 is 14.4 Å². The van der Waals surface area contributed by atoms with E-state index < -0.39 is 0 Å². The average Bonchev–Trinajstić information content (AvgIpc) is 2.53. The van der Waals surface area contributed by atoms with Gasteiger partial charge in [-0.3, -0.25) is 0 Å². The molecule has 0 aromatic heterocycles. The molecule has 0 spiro atoms. The first-order valence-corrected chi connectivity index (χ1v) is 7.30. The fourth-order valence-corrected chi connectivity index (χ4v) is 3.21. The van der Waals surface area contributed by atoms with E-state index in [9.17, 15) is 5.11 Å². The fraction of sp³-hybridized carbons (Fsp3) is 0.235. The lowest BCUT2D eigenvalue weighted by Crippen LogP contribution is -2.25. The summed E-state index contributed by atoms with van der Waals surface area (Å²) in [4.78, 5) is 2.08. The number of hydrogen-bond donors (Lipinski definition) is 1. The zero-order valence-corrected chi connectivity index (χ0v) is 13.5. The smallest absolute Gasteiger partial charge is 0.168 e. The second kappa shape index (κ2) is 5.50. The molecule has 0 fully saturated rings. The van der Waals surface area contributed by atoms with Crippen molar-refractivity contribution in [3.63, 3.8) is 0 Å². The lowest BCUT2D eigenvalue weighted by atomic mass is 9.85. The van der Waals surface area contributed by atoms with Crippen LogP contribution in [-0.2, 0) is 0 Å². The standard InChI is InChI=1S/C17H17NO3S/c1-18-14-6-4-10(20-2)8-12(14)16(17(19)22)13-9-11(21-3)5-7-15(13)18/h4-9,16H,1-3H3,(H,19,22). The van der Waals surface area contributed by atoms with Crippen molar-refractivity contribution in [2.75, 3.05) is 26.2 Å². The predicted molar refractivity (Wildman–Crippen MR) is 91.1 cm³/mol. The largest absolute Gasteiger partial charge is 0.501 e. The number of thiocarbonyl (C=S) groups is 1. The summed E-state index contributed by atoms with van der Waals surface area (Å²) in [5.41, 5.74) is 3.85. The van der Waals surface area contributed by atoms with E-state index in [0.29, 0.717) is 0 Å². The summed E-state index contributed by atoms with van der Waals surface area (Å²) >= 11 is 5.12. The summed E-state index contributed by atoms with van der Waals surface area (Å²) in [6, 6.07) is 11.6. The third-order valence-electron chi connectivity index (χ3n) is 4.06. The fourth-order valence-electron chi connectivity index (χ4n) is 2.96. The Morgan fingerprint density at radius 3 is 1.82 bits per heavy atom. The van der Waals surface area contributed by atoms with E-state index in [1.807, 2.05) is 43.4 Å². The molecule has 2 aromatic carbocycles. The number of methoxy groups -OCH3 is 2. The second-order valence-electron chi connectivity index (χ2n) is 5.18. The van der Waals surface area contributed by atoms with Gasteiger partial charge < -0.3 is 19.5 Å². The van der Waals surface area contributed by atoms with Crippen LogP contribution >= 0.6 is 12.2 Å². The lowest BCUT2D eigenvalue weighted by Gasteiger charge is -2.35. The molecule has 0 saturated carbocycles. The van der Waals surface area contributed by atoms with Crippen molar-refractivity contribution < 1.29 is 14.6 Å². The number of hydrogen-bond acceptors (Lipinski definition) is 4. The molecule has 0 bridgehead atoms. The maximum atomic E-state index is 10.1. The molecule has 0 atom stereocenters. The first-order valence-electron chi connectivity index (χ1n) is 6.89. The van der Waals surface area contributed by atoms with Gasteiger partial charge >= 0.3 is 0 Å². The Morgan fingerprint density at radius 1 is 1.00 bits per heavy atom. The van der Waals surface area contributed by atoms with Crippen LogP contribution in [0.2, 0.25) is 0 Å². The number of benzene rings is 2. The number of aliphatic hydroxyl groups excluding tert-OH is 1. The van der Waals surface area contributed by atoms with Gasteiger partial charge in [0, 0.05) is 18.4 Å². The molecule has 1 heterocycles. The van der Waals surface area contributed by atoms with Crippen molar-refractivity contribution in [3.05, 3.63) is 47.5 Å².